The second kappa shape index (κ2) is 9.78. The number of carbonyl (C=O) groups excluding carboxylic acids is 1. The van der Waals surface area contributed by atoms with Gasteiger partial charge in [-0.1, -0.05) is 24.3 Å². The number of carboxylic acid groups (broad SMARTS) is 1. The molecule has 1 saturated carbocycles. The van der Waals surface area contributed by atoms with Crippen LogP contribution in [-0.4, -0.2) is 67.6 Å². The van der Waals surface area contributed by atoms with E-state index in [1.165, 1.54) is 16.4 Å². The van der Waals surface area contributed by atoms with Crippen molar-refractivity contribution in [1.29, 1.82) is 0 Å². The lowest BCUT2D eigenvalue weighted by Gasteiger charge is -2.36. The van der Waals surface area contributed by atoms with Crippen molar-refractivity contribution < 1.29 is 19.1 Å². The number of fused-ring (bicyclic) bond motifs is 1. The van der Waals surface area contributed by atoms with E-state index in [0.717, 1.165) is 25.3 Å². The van der Waals surface area contributed by atoms with Gasteiger partial charge in [0.05, 0.1) is 16.9 Å². The van der Waals surface area contributed by atoms with Gasteiger partial charge in [-0.2, -0.15) is 4.68 Å². The normalized spacial score (nSPS) is 15.6. The van der Waals surface area contributed by atoms with Gasteiger partial charge < -0.3 is 25.2 Å². The maximum absolute atomic E-state index is 15.3. The number of aromatic carboxylic acids is 1. The molecule has 0 atom stereocenters. The van der Waals surface area contributed by atoms with Gasteiger partial charge in [-0.05, 0) is 49.1 Å². The van der Waals surface area contributed by atoms with E-state index < -0.39 is 17.2 Å². The highest BCUT2D eigenvalue weighted by Gasteiger charge is 2.30. The molecule has 1 saturated heterocycles. The summed E-state index contributed by atoms with van der Waals surface area (Å²) >= 11 is 0. The third kappa shape index (κ3) is 4.34. The van der Waals surface area contributed by atoms with Crippen molar-refractivity contribution in [2.45, 2.75) is 32.2 Å². The van der Waals surface area contributed by atoms with Gasteiger partial charge in [0.2, 0.25) is 5.43 Å². The Balaban J connectivity index is 1.22. The average Bonchev–Trinajstić information content (AvgIpc) is 3.74. The van der Waals surface area contributed by atoms with Crippen molar-refractivity contribution in [3.05, 3.63) is 75.5 Å². The van der Waals surface area contributed by atoms with E-state index in [2.05, 4.69) is 17.2 Å². The van der Waals surface area contributed by atoms with Crippen LogP contribution in [0.2, 0.25) is 0 Å². The summed E-state index contributed by atoms with van der Waals surface area (Å²) in [7, 11) is 0. The predicted molar refractivity (Wildman–Crippen MR) is 147 cm³/mol. The number of benzene rings is 2. The summed E-state index contributed by atoms with van der Waals surface area (Å²) in [5.41, 5.74) is 7.93. The zero-order chi connectivity index (χ0) is 28.1. The topological polar surface area (TPSA) is 140 Å². The highest BCUT2D eigenvalue weighted by Crippen LogP contribution is 2.38. The Kier molecular flexibility index (Phi) is 6.24. The van der Waals surface area contributed by atoms with E-state index in [9.17, 15) is 19.5 Å². The molecule has 6 rings (SSSR count). The Labute approximate surface area is 228 Å². The molecule has 40 heavy (non-hydrogen) atoms. The largest absolute Gasteiger partial charge is 0.477 e. The first kappa shape index (κ1) is 25.5. The van der Waals surface area contributed by atoms with E-state index in [1.807, 2.05) is 29.2 Å². The number of hydrogen-bond donors (Lipinski definition) is 2. The predicted octanol–water partition coefficient (Wildman–Crippen LogP) is 2.86. The molecule has 1 amide bonds. The van der Waals surface area contributed by atoms with E-state index in [0.29, 0.717) is 43.1 Å². The number of rotatable bonds is 6. The van der Waals surface area contributed by atoms with E-state index >= 15 is 4.39 Å². The minimum Gasteiger partial charge on any atom is -0.477 e. The summed E-state index contributed by atoms with van der Waals surface area (Å²) in [5.74, 6) is -2.15. The SMILES string of the molecule is CCc1ccc(-n2nnc(C(=O)N3CCN(c4cc5c(cc4F)c(=O)c(C(=O)O)cn5C4CC4)CC3)c2N)cc1. The van der Waals surface area contributed by atoms with Crippen molar-refractivity contribution in [1.82, 2.24) is 24.5 Å². The summed E-state index contributed by atoms with van der Waals surface area (Å²) in [6, 6.07) is 10.5. The molecule has 0 unspecified atom stereocenters. The molecule has 1 aliphatic heterocycles. The smallest absolute Gasteiger partial charge is 0.341 e. The number of anilines is 2. The van der Waals surface area contributed by atoms with Gasteiger partial charge in [0.25, 0.3) is 5.91 Å². The van der Waals surface area contributed by atoms with Crippen molar-refractivity contribution in [2.75, 3.05) is 36.8 Å². The summed E-state index contributed by atoms with van der Waals surface area (Å²) < 4.78 is 18.5. The average molecular weight is 546 g/mol. The Hall–Kier alpha value is -4.74. The number of nitrogen functional groups attached to an aromatic ring is 1. The number of piperazine rings is 1. The zero-order valence-corrected chi connectivity index (χ0v) is 21.9. The molecular weight excluding hydrogens is 517 g/mol. The first-order chi connectivity index (χ1) is 19.3. The lowest BCUT2D eigenvalue weighted by atomic mass is 10.1. The fourth-order valence-electron chi connectivity index (χ4n) is 5.21. The highest BCUT2D eigenvalue weighted by atomic mass is 19.1. The first-order valence-electron chi connectivity index (χ1n) is 13.2. The third-order valence-corrected chi connectivity index (χ3v) is 7.68. The Morgan fingerprint density at radius 2 is 1.80 bits per heavy atom. The lowest BCUT2D eigenvalue weighted by molar-refractivity contribution is 0.0693. The minimum absolute atomic E-state index is 0.0461. The number of nitrogens with zero attached hydrogens (tertiary/aromatic N) is 6. The molecule has 206 valence electrons. The fourth-order valence-corrected chi connectivity index (χ4v) is 5.21. The summed E-state index contributed by atoms with van der Waals surface area (Å²) in [4.78, 5) is 41.1. The number of hydrogen-bond acceptors (Lipinski definition) is 7. The highest BCUT2D eigenvalue weighted by molar-refractivity contribution is 5.97. The molecule has 12 heteroatoms. The second-order valence-electron chi connectivity index (χ2n) is 10.2. The van der Waals surface area contributed by atoms with Crippen molar-refractivity contribution in [3.8, 4) is 5.69 Å². The quantitative estimate of drug-likeness (QED) is 0.377. The monoisotopic (exact) mass is 545 g/mol. The van der Waals surface area contributed by atoms with Crippen LogP contribution in [-0.2, 0) is 6.42 Å². The van der Waals surface area contributed by atoms with Gasteiger partial charge in [0.1, 0.15) is 11.4 Å². The number of nitrogens with two attached hydrogens (primary N) is 1. The molecule has 0 bridgehead atoms. The van der Waals surface area contributed by atoms with Crippen LogP contribution in [0.1, 0.15) is 52.2 Å². The van der Waals surface area contributed by atoms with Gasteiger partial charge in [-0.25, -0.2) is 9.18 Å². The fraction of sp³-hybridized carbons (Fsp3) is 0.321. The molecule has 0 radical (unpaired) electrons. The summed E-state index contributed by atoms with van der Waals surface area (Å²) in [5, 5.41) is 17.6. The number of halogens is 1. The maximum atomic E-state index is 15.3. The molecular formula is C28H28FN7O4. The van der Waals surface area contributed by atoms with Crippen LogP contribution >= 0.6 is 0 Å². The van der Waals surface area contributed by atoms with E-state index in [-0.39, 0.29) is 34.4 Å². The Morgan fingerprint density at radius 1 is 1.10 bits per heavy atom. The van der Waals surface area contributed by atoms with Gasteiger partial charge in [-0.15, -0.1) is 5.10 Å². The van der Waals surface area contributed by atoms with Crippen LogP contribution in [0.25, 0.3) is 16.6 Å². The van der Waals surface area contributed by atoms with Crippen LogP contribution < -0.4 is 16.1 Å². The number of aromatic nitrogens is 4. The maximum Gasteiger partial charge on any atom is 0.341 e. The molecule has 1 aliphatic carbocycles. The summed E-state index contributed by atoms with van der Waals surface area (Å²) in [6.07, 6.45) is 3.99. The number of carboxylic acids is 1. The summed E-state index contributed by atoms with van der Waals surface area (Å²) in [6.45, 7) is 3.37. The van der Waals surface area contributed by atoms with Crippen LogP contribution in [0.5, 0.6) is 0 Å². The molecule has 11 nitrogen and oxygen atoms in total. The van der Waals surface area contributed by atoms with Gasteiger partial charge in [0, 0.05) is 43.8 Å². The van der Waals surface area contributed by atoms with E-state index in [1.54, 1.807) is 15.5 Å². The zero-order valence-electron chi connectivity index (χ0n) is 21.9. The standard InChI is InChI=1S/C28H28FN7O4/c1-2-16-3-5-18(6-4-16)36-26(30)24(31-32-36)27(38)34-11-9-33(10-12-34)23-14-22-19(13-21(23)29)25(37)20(28(39)40)15-35(22)17-7-8-17/h3-6,13-15,17H,2,7-12,30H2,1H3,(H,39,40). The van der Waals surface area contributed by atoms with Gasteiger partial charge in [-0.3, -0.25) is 9.59 Å². The van der Waals surface area contributed by atoms with Crippen LogP contribution in [0.15, 0.2) is 47.4 Å². The van der Waals surface area contributed by atoms with Crippen molar-refractivity contribution >= 4 is 34.3 Å². The minimum atomic E-state index is -1.33. The van der Waals surface area contributed by atoms with Crippen LogP contribution in [0.3, 0.4) is 0 Å². The molecule has 0 spiro atoms. The molecule has 2 fully saturated rings. The van der Waals surface area contributed by atoms with Gasteiger partial charge >= 0.3 is 5.97 Å². The Bertz CT molecular complexity index is 1700. The van der Waals surface area contributed by atoms with Crippen LogP contribution in [0, 0.1) is 5.82 Å². The molecule has 2 aromatic heterocycles. The lowest BCUT2D eigenvalue weighted by Crippen LogP contribution is -2.49. The Morgan fingerprint density at radius 3 is 2.42 bits per heavy atom. The first-order valence-corrected chi connectivity index (χ1v) is 13.2. The van der Waals surface area contributed by atoms with E-state index in [4.69, 9.17) is 5.73 Å². The molecule has 2 aromatic carbocycles. The molecule has 4 aromatic rings. The molecule has 3 heterocycles. The number of amides is 1. The van der Waals surface area contributed by atoms with Crippen molar-refractivity contribution in [3.63, 3.8) is 0 Å². The number of aryl methyl sites for hydroxylation is 1. The van der Waals surface area contributed by atoms with Gasteiger partial charge in [0.15, 0.2) is 11.5 Å². The number of carbonyl (C=O) groups is 2. The molecule has 3 N–H and O–H groups in total. The van der Waals surface area contributed by atoms with Crippen molar-refractivity contribution in [2.24, 2.45) is 0 Å². The second-order valence-corrected chi connectivity index (χ2v) is 10.2. The van der Waals surface area contributed by atoms with Crippen LogP contribution in [0.4, 0.5) is 15.9 Å². The molecule has 2 aliphatic rings. The third-order valence-electron chi connectivity index (χ3n) is 7.68. The number of pyridine rings is 1.